The first-order valence-electron chi connectivity index (χ1n) is 12.6. The molecule has 0 aliphatic carbocycles. The van der Waals surface area contributed by atoms with Gasteiger partial charge in [-0.1, -0.05) is 90.5 Å². The van der Waals surface area contributed by atoms with Gasteiger partial charge < -0.3 is 9.84 Å². The molecule has 0 aliphatic heterocycles. The molecule has 39 heavy (non-hydrogen) atoms. The minimum absolute atomic E-state index is 0.122. The van der Waals surface area contributed by atoms with Crippen LogP contribution in [0.3, 0.4) is 0 Å². The second-order valence-corrected chi connectivity index (χ2v) is 9.57. The molecule has 4 nitrogen and oxygen atoms in total. The maximum atomic E-state index is 12.8. The molecule has 0 saturated carbocycles. The Hall–Kier alpha value is -4.10. The van der Waals surface area contributed by atoms with Crippen LogP contribution in [-0.2, 0) is 11.3 Å². The average Bonchev–Trinajstić information content (AvgIpc) is 2.90. The number of alkyl halides is 3. The number of nitrogens with zero attached hydrogens (tertiary/aromatic N) is 1. The van der Waals surface area contributed by atoms with E-state index in [0.717, 1.165) is 22.3 Å². The summed E-state index contributed by atoms with van der Waals surface area (Å²) < 4.78 is 42.6. The highest BCUT2D eigenvalue weighted by Crippen LogP contribution is 2.37. The molecule has 0 saturated heterocycles. The number of hydrogen-bond donors (Lipinski definition) is 1. The lowest BCUT2D eigenvalue weighted by atomic mass is 9.92. The number of rotatable bonds is 10. The van der Waals surface area contributed by atoms with E-state index in [1.807, 2.05) is 85.8 Å². The lowest BCUT2D eigenvalue weighted by Crippen LogP contribution is -2.33. The molecule has 0 fully saturated rings. The molecule has 2 atom stereocenters. The van der Waals surface area contributed by atoms with Gasteiger partial charge in [0.2, 0.25) is 0 Å². The average molecular weight is 534 g/mol. The van der Waals surface area contributed by atoms with Gasteiger partial charge in [-0.3, -0.25) is 9.69 Å². The SMILES string of the molecule is Cc1cc(-c2cccc(OC(F)(F)F)c2)cc(C(CC(=O)O)N(Cc2ccccc2)C(C)c2ccccc2)c1. The molecule has 4 aromatic rings. The zero-order chi connectivity index (χ0) is 28.0. The van der Waals surface area contributed by atoms with Crippen LogP contribution in [0, 0.1) is 6.92 Å². The van der Waals surface area contributed by atoms with Gasteiger partial charge in [-0.2, -0.15) is 0 Å². The van der Waals surface area contributed by atoms with E-state index in [-0.39, 0.29) is 18.2 Å². The van der Waals surface area contributed by atoms with Crippen molar-refractivity contribution in [2.45, 2.75) is 45.3 Å². The third-order valence-electron chi connectivity index (χ3n) is 6.64. The van der Waals surface area contributed by atoms with Crippen molar-refractivity contribution in [1.82, 2.24) is 4.90 Å². The van der Waals surface area contributed by atoms with Gasteiger partial charge in [0, 0.05) is 18.6 Å². The number of aryl methyl sites for hydroxylation is 1. The lowest BCUT2D eigenvalue weighted by Gasteiger charge is -2.37. The molecule has 0 amide bonds. The van der Waals surface area contributed by atoms with Crippen molar-refractivity contribution in [3.05, 3.63) is 125 Å². The topological polar surface area (TPSA) is 49.8 Å². The molecule has 0 aromatic heterocycles. The number of benzene rings is 4. The van der Waals surface area contributed by atoms with Crippen molar-refractivity contribution in [3.8, 4) is 16.9 Å². The van der Waals surface area contributed by atoms with Gasteiger partial charge in [0.1, 0.15) is 5.75 Å². The van der Waals surface area contributed by atoms with Crippen LogP contribution in [0.1, 0.15) is 47.7 Å². The minimum Gasteiger partial charge on any atom is -0.481 e. The monoisotopic (exact) mass is 533 g/mol. The van der Waals surface area contributed by atoms with E-state index in [4.69, 9.17) is 0 Å². The maximum Gasteiger partial charge on any atom is 0.573 e. The van der Waals surface area contributed by atoms with E-state index in [9.17, 15) is 23.1 Å². The Morgan fingerprint density at radius 2 is 1.51 bits per heavy atom. The zero-order valence-corrected chi connectivity index (χ0v) is 21.7. The van der Waals surface area contributed by atoms with Gasteiger partial charge in [0.05, 0.1) is 6.42 Å². The highest BCUT2D eigenvalue weighted by Gasteiger charge is 2.31. The summed E-state index contributed by atoms with van der Waals surface area (Å²) in [6, 6.07) is 30.6. The van der Waals surface area contributed by atoms with E-state index < -0.39 is 18.4 Å². The normalized spacial score (nSPS) is 13.2. The Morgan fingerprint density at radius 1 is 0.846 bits per heavy atom. The van der Waals surface area contributed by atoms with Crippen LogP contribution in [0.15, 0.2) is 103 Å². The summed E-state index contributed by atoms with van der Waals surface area (Å²) in [6.07, 6.45) is -4.95. The Kier molecular flexibility index (Phi) is 8.72. The van der Waals surface area contributed by atoms with Crippen molar-refractivity contribution in [2.24, 2.45) is 0 Å². The fourth-order valence-corrected chi connectivity index (χ4v) is 4.87. The van der Waals surface area contributed by atoms with E-state index in [1.54, 1.807) is 6.07 Å². The highest BCUT2D eigenvalue weighted by molar-refractivity contribution is 5.70. The maximum absolute atomic E-state index is 12.8. The number of hydrogen-bond acceptors (Lipinski definition) is 3. The lowest BCUT2D eigenvalue weighted by molar-refractivity contribution is -0.274. The van der Waals surface area contributed by atoms with Crippen LogP contribution < -0.4 is 4.74 Å². The van der Waals surface area contributed by atoms with Crippen LogP contribution in [0.5, 0.6) is 5.75 Å². The third kappa shape index (κ3) is 7.71. The Labute approximate surface area is 226 Å². The van der Waals surface area contributed by atoms with Gasteiger partial charge in [-0.15, -0.1) is 13.2 Å². The molecule has 0 spiro atoms. The Balaban J connectivity index is 1.79. The summed E-state index contributed by atoms with van der Waals surface area (Å²) >= 11 is 0. The standard InChI is InChI=1S/C32H30F3NO3/c1-22-16-27(26-14-9-15-29(19-26)39-32(33,34)35)18-28(17-22)30(20-31(37)38)36(21-24-10-5-3-6-11-24)23(2)25-12-7-4-8-13-25/h3-19,23,30H,20-21H2,1-2H3,(H,37,38). The van der Waals surface area contributed by atoms with E-state index in [0.29, 0.717) is 17.7 Å². The Bertz CT molecular complexity index is 1390. The van der Waals surface area contributed by atoms with Crippen LogP contribution in [0.2, 0.25) is 0 Å². The number of ether oxygens (including phenoxy) is 1. The second-order valence-electron chi connectivity index (χ2n) is 9.57. The molecule has 0 heterocycles. The highest BCUT2D eigenvalue weighted by atomic mass is 19.4. The molecule has 4 aromatic carbocycles. The summed E-state index contributed by atoms with van der Waals surface area (Å²) in [5, 5.41) is 9.96. The fourth-order valence-electron chi connectivity index (χ4n) is 4.87. The number of carboxylic acids is 1. The largest absolute Gasteiger partial charge is 0.573 e. The van der Waals surface area contributed by atoms with Crippen LogP contribution >= 0.6 is 0 Å². The molecular weight excluding hydrogens is 503 g/mol. The molecule has 0 aliphatic rings. The summed E-state index contributed by atoms with van der Waals surface area (Å²) in [5.41, 5.74) is 4.95. The van der Waals surface area contributed by atoms with Gasteiger partial charge in [0.15, 0.2) is 0 Å². The molecule has 4 rings (SSSR count). The molecule has 0 radical (unpaired) electrons. The van der Waals surface area contributed by atoms with Crippen molar-refractivity contribution in [1.29, 1.82) is 0 Å². The molecule has 1 N–H and O–H groups in total. The fraction of sp³-hybridized carbons (Fsp3) is 0.219. The van der Waals surface area contributed by atoms with E-state index in [1.165, 1.54) is 18.2 Å². The first-order chi connectivity index (χ1) is 18.6. The van der Waals surface area contributed by atoms with Crippen LogP contribution in [0.4, 0.5) is 13.2 Å². The number of carboxylic acid groups (broad SMARTS) is 1. The van der Waals surface area contributed by atoms with Crippen molar-refractivity contribution in [3.63, 3.8) is 0 Å². The summed E-state index contributed by atoms with van der Waals surface area (Å²) in [7, 11) is 0. The predicted octanol–water partition coefficient (Wildman–Crippen LogP) is 8.34. The molecule has 0 bridgehead atoms. The third-order valence-corrected chi connectivity index (χ3v) is 6.64. The van der Waals surface area contributed by atoms with Gasteiger partial charge >= 0.3 is 12.3 Å². The van der Waals surface area contributed by atoms with Crippen molar-refractivity contribution >= 4 is 5.97 Å². The predicted molar refractivity (Wildman–Crippen MR) is 145 cm³/mol. The van der Waals surface area contributed by atoms with Crippen molar-refractivity contribution in [2.75, 3.05) is 0 Å². The van der Waals surface area contributed by atoms with Crippen LogP contribution in [-0.4, -0.2) is 22.3 Å². The molecule has 2 unspecified atom stereocenters. The van der Waals surface area contributed by atoms with Crippen molar-refractivity contribution < 1.29 is 27.8 Å². The van der Waals surface area contributed by atoms with E-state index in [2.05, 4.69) is 16.6 Å². The first kappa shape index (κ1) is 27.9. The zero-order valence-electron chi connectivity index (χ0n) is 21.7. The molecule has 202 valence electrons. The second kappa shape index (κ2) is 12.2. The summed E-state index contributed by atoms with van der Waals surface area (Å²) in [5.74, 6) is -1.25. The summed E-state index contributed by atoms with van der Waals surface area (Å²) in [4.78, 5) is 14.3. The first-order valence-corrected chi connectivity index (χ1v) is 12.6. The van der Waals surface area contributed by atoms with Crippen LogP contribution in [0.25, 0.3) is 11.1 Å². The van der Waals surface area contributed by atoms with Gasteiger partial charge in [-0.05, 0) is 59.9 Å². The van der Waals surface area contributed by atoms with Gasteiger partial charge in [-0.25, -0.2) is 0 Å². The quantitative estimate of drug-likeness (QED) is 0.223. The molecular formula is C32H30F3NO3. The summed E-state index contributed by atoms with van der Waals surface area (Å²) in [6.45, 7) is 4.46. The Morgan fingerprint density at radius 3 is 2.15 bits per heavy atom. The smallest absolute Gasteiger partial charge is 0.481 e. The van der Waals surface area contributed by atoms with E-state index >= 15 is 0 Å². The number of halogens is 3. The van der Waals surface area contributed by atoms with Gasteiger partial charge in [0.25, 0.3) is 0 Å². The minimum atomic E-state index is -4.80. The number of carbonyl (C=O) groups is 1. The molecule has 7 heteroatoms. The number of aliphatic carboxylic acids is 1.